The standard InChI is InChI=1S/C19H25Br/c1-3-5-13-19(4-2,15-20)14-17-11-8-10-16-9-6-7-12-18(16)17/h6-12H,3-5,13-15H2,1-2H3. The van der Waals surface area contributed by atoms with E-state index in [1.165, 1.54) is 48.4 Å². The number of rotatable bonds is 7. The van der Waals surface area contributed by atoms with E-state index in [1.807, 2.05) is 0 Å². The van der Waals surface area contributed by atoms with Crippen molar-refractivity contribution in [2.45, 2.75) is 46.0 Å². The Morgan fingerprint density at radius 2 is 1.75 bits per heavy atom. The van der Waals surface area contributed by atoms with Gasteiger partial charge in [0.05, 0.1) is 0 Å². The van der Waals surface area contributed by atoms with Crippen LogP contribution in [-0.2, 0) is 6.42 Å². The van der Waals surface area contributed by atoms with E-state index in [0.29, 0.717) is 5.41 Å². The molecule has 0 saturated heterocycles. The van der Waals surface area contributed by atoms with Gasteiger partial charge < -0.3 is 0 Å². The van der Waals surface area contributed by atoms with Gasteiger partial charge in [0, 0.05) is 5.33 Å². The van der Waals surface area contributed by atoms with E-state index >= 15 is 0 Å². The van der Waals surface area contributed by atoms with Crippen LogP contribution in [0.2, 0.25) is 0 Å². The maximum absolute atomic E-state index is 3.78. The highest BCUT2D eigenvalue weighted by Crippen LogP contribution is 2.36. The quantitative estimate of drug-likeness (QED) is 0.517. The van der Waals surface area contributed by atoms with Gasteiger partial charge in [0.25, 0.3) is 0 Å². The summed E-state index contributed by atoms with van der Waals surface area (Å²) in [4.78, 5) is 0. The first-order chi connectivity index (χ1) is 9.74. The molecular formula is C19H25Br. The lowest BCUT2D eigenvalue weighted by atomic mass is 9.76. The van der Waals surface area contributed by atoms with Crippen molar-refractivity contribution < 1.29 is 0 Å². The predicted octanol–water partition coefficient (Wildman–Crippen LogP) is 6.36. The molecule has 2 rings (SSSR count). The van der Waals surface area contributed by atoms with Crippen LogP contribution in [0.3, 0.4) is 0 Å². The zero-order valence-electron chi connectivity index (χ0n) is 12.7. The molecule has 1 unspecified atom stereocenters. The van der Waals surface area contributed by atoms with E-state index in [2.05, 4.69) is 72.2 Å². The fourth-order valence-electron chi connectivity index (χ4n) is 3.00. The highest BCUT2D eigenvalue weighted by molar-refractivity contribution is 9.09. The van der Waals surface area contributed by atoms with E-state index < -0.39 is 0 Å². The van der Waals surface area contributed by atoms with E-state index in [1.54, 1.807) is 0 Å². The van der Waals surface area contributed by atoms with Gasteiger partial charge in [-0.05, 0) is 41.0 Å². The normalized spacial score (nSPS) is 14.3. The molecule has 0 heterocycles. The van der Waals surface area contributed by atoms with Gasteiger partial charge in [-0.2, -0.15) is 0 Å². The molecule has 0 spiro atoms. The van der Waals surface area contributed by atoms with Crippen molar-refractivity contribution >= 4 is 26.7 Å². The third-order valence-electron chi connectivity index (χ3n) is 4.54. The summed E-state index contributed by atoms with van der Waals surface area (Å²) in [6.07, 6.45) is 6.33. The summed E-state index contributed by atoms with van der Waals surface area (Å²) in [5, 5.41) is 3.88. The van der Waals surface area contributed by atoms with Crippen LogP contribution >= 0.6 is 15.9 Å². The lowest BCUT2D eigenvalue weighted by molar-refractivity contribution is 0.284. The molecule has 0 radical (unpaired) electrons. The van der Waals surface area contributed by atoms with Gasteiger partial charge in [0.15, 0.2) is 0 Å². The minimum absolute atomic E-state index is 0.403. The second-order valence-corrected chi connectivity index (χ2v) is 6.47. The Morgan fingerprint density at radius 1 is 1.00 bits per heavy atom. The Morgan fingerprint density at radius 3 is 2.45 bits per heavy atom. The Balaban J connectivity index is 2.33. The van der Waals surface area contributed by atoms with Crippen LogP contribution in [-0.4, -0.2) is 5.33 Å². The van der Waals surface area contributed by atoms with Gasteiger partial charge in [0.2, 0.25) is 0 Å². The molecule has 0 aliphatic heterocycles. The molecule has 0 amide bonds. The maximum atomic E-state index is 3.78. The molecule has 2 aromatic rings. The fourth-order valence-corrected chi connectivity index (χ4v) is 3.88. The van der Waals surface area contributed by atoms with Crippen molar-refractivity contribution in [2.24, 2.45) is 5.41 Å². The van der Waals surface area contributed by atoms with Gasteiger partial charge in [-0.1, -0.05) is 85.1 Å². The number of halogens is 1. The Kier molecular flexibility index (Phi) is 5.65. The number of hydrogen-bond acceptors (Lipinski definition) is 0. The fraction of sp³-hybridized carbons (Fsp3) is 0.474. The second-order valence-electron chi connectivity index (χ2n) is 5.91. The van der Waals surface area contributed by atoms with Crippen LogP contribution in [0, 0.1) is 5.41 Å². The number of fused-ring (bicyclic) bond motifs is 1. The SMILES string of the molecule is CCCCC(CC)(CBr)Cc1cccc2ccccc12. The summed E-state index contributed by atoms with van der Waals surface area (Å²) in [5.74, 6) is 0. The molecule has 0 saturated carbocycles. The van der Waals surface area contributed by atoms with Crippen LogP contribution in [0.15, 0.2) is 42.5 Å². The second kappa shape index (κ2) is 7.26. The highest BCUT2D eigenvalue weighted by Gasteiger charge is 2.27. The zero-order chi connectivity index (χ0) is 14.4. The smallest absolute Gasteiger partial charge is 0.00910 e. The average Bonchev–Trinajstić information content (AvgIpc) is 2.52. The van der Waals surface area contributed by atoms with E-state index in [4.69, 9.17) is 0 Å². The minimum Gasteiger partial charge on any atom is -0.0922 e. The van der Waals surface area contributed by atoms with Gasteiger partial charge in [-0.3, -0.25) is 0 Å². The van der Waals surface area contributed by atoms with E-state index in [-0.39, 0.29) is 0 Å². The molecule has 0 nitrogen and oxygen atoms in total. The van der Waals surface area contributed by atoms with E-state index in [0.717, 1.165) is 5.33 Å². The molecular weight excluding hydrogens is 308 g/mol. The Bertz CT molecular complexity index is 535. The molecule has 0 aliphatic carbocycles. The highest BCUT2D eigenvalue weighted by atomic mass is 79.9. The summed E-state index contributed by atoms with van der Waals surface area (Å²) in [5.41, 5.74) is 1.90. The average molecular weight is 333 g/mol. The molecule has 0 N–H and O–H groups in total. The Labute approximate surface area is 131 Å². The lowest BCUT2D eigenvalue weighted by Crippen LogP contribution is -2.25. The summed E-state index contributed by atoms with van der Waals surface area (Å²) in [6.45, 7) is 4.62. The van der Waals surface area contributed by atoms with Crippen LogP contribution in [0.1, 0.15) is 45.1 Å². The molecule has 1 heteroatoms. The summed E-state index contributed by atoms with van der Waals surface area (Å²) in [7, 11) is 0. The monoisotopic (exact) mass is 332 g/mol. The first kappa shape index (κ1) is 15.6. The molecule has 0 aliphatic rings. The number of alkyl halides is 1. The van der Waals surface area contributed by atoms with E-state index in [9.17, 15) is 0 Å². The lowest BCUT2D eigenvalue weighted by Gasteiger charge is -2.31. The van der Waals surface area contributed by atoms with Crippen LogP contribution in [0.5, 0.6) is 0 Å². The third kappa shape index (κ3) is 3.44. The minimum atomic E-state index is 0.403. The largest absolute Gasteiger partial charge is 0.0922 e. The molecule has 0 bridgehead atoms. The van der Waals surface area contributed by atoms with Crippen molar-refractivity contribution in [1.29, 1.82) is 0 Å². The number of unbranched alkanes of at least 4 members (excludes halogenated alkanes) is 1. The molecule has 108 valence electrons. The third-order valence-corrected chi connectivity index (χ3v) is 5.73. The predicted molar refractivity (Wildman–Crippen MR) is 93.7 cm³/mol. The molecule has 2 aromatic carbocycles. The first-order valence-corrected chi connectivity index (χ1v) is 8.89. The number of benzene rings is 2. The van der Waals surface area contributed by atoms with Crippen LogP contribution < -0.4 is 0 Å². The van der Waals surface area contributed by atoms with Gasteiger partial charge in [-0.25, -0.2) is 0 Å². The van der Waals surface area contributed by atoms with Gasteiger partial charge in [0.1, 0.15) is 0 Å². The van der Waals surface area contributed by atoms with Gasteiger partial charge in [-0.15, -0.1) is 0 Å². The first-order valence-electron chi connectivity index (χ1n) is 7.77. The summed E-state index contributed by atoms with van der Waals surface area (Å²) < 4.78 is 0. The van der Waals surface area contributed by atoms with Crippen molar-refractivity contribution in [3.05, 3.63) is 48.0 Å². The molecule has 0 aromatic heterocycles. The zero-order valence-corrected chi connectivity index (χ0v) is 14.2. The van der Waals surface area contributed by atoms with Crippen molar-refractivity contribution in [3.63, 3.8) is 0 Å². The van der Waals surface area contributed by atoms with Crippen molar-refractivity contribution in [2.75, 3.05) is 5.33 Å². The molecule has 0 fully saturated rings. The Hall–Kier alpha value is -0.820. The maximum Gasteiger partial charge on any atom is 0.00910 e. The van der Waals surface area contributed by atoms with Crippen LogP contribution in [0.4, 0.5) is 0 Å². The topological polar surface area (TPSA) is 0 Å². The number of hydrogen-bond donors (Lipinski definition) is 0. The summed E-state index contributed by atoms with van der Waals surface area (Å²) >= 11 is 3.78. The van der Waals surface area contributed by atoms with Gasteiger partial charge >= 0.3 is 0 Å². The molecule has 1 atom stereocenters. The van der Waals surface area contributed by atoms with Crippen molar-refractivity contribution in [3.8, 4) is 0 Å². The summed E-state index contributed by atoms with van der Waals surface area (Å²) in [6, 6.07) is 15.5. The van der Waals surface area contributed by atoms with Crippen LogP contribution in [0.25, 0.3) is 10.8 Å². The molecule has 20 heavy (non-hydrogen) atoms. The van der Waals surface area contributed by atoms with Crippen molar-refractivity contribution in [1.82, 2.24) is 0 Å².